The molecular weight excluding hydrogens is 384 g/mol. The monoisotopic (exact) mass is 400 g/mol. The molecule has 0 saturated heterocycles. The summed E-state index contributed by atoms with van der Waals surface area (Å²) in [5.74, 6) is -0.709. The number of sulfonamides is 1. The predicted octanol–water partition coefficient (Wildman–Crippen LogP) is 2.12. The zero-order chi connectivity index (χ0) is 19.9. The zero-order valence-electron chi connectivity index (χ0n) is 14.8. The highest BCUT2D eigenvalue weighted by Gasteiger charge is 2.23. The summed E-state index contributed by atoms with van der Waals surface area (Å²) in [6, 6.07) is 9.55. The van der Waals surface area contributed by atoms with E-state index in [-0.39, 0.29) is 29.5 Å². The van der Waals surface area contributed by atoms with Crippen molar-refractivity contribution in [2.75, 3.05) is 11.9 Å². The SMILES string of the molecule is Cc1ccc2c(CC(=O)NS(=O)(=O)c3ccc4c(c3)NC(=O)CO4)coc2c1. The number of rotatable bonds is 4. The number of carbonyl (C=O) groups excluding carboxylic acids is 2. The highest BCUT2D eigenvalue weighted by molar-refractivity contribution is 7.90. The molecule has 0 atom stereocenters. The van der Waals surface area contributed by atoms with Gasteiger partial charge in [-0.1, -0.05) is 12.1 Å². The van der Waals surface area contributed by atoms with Crippen molar-refractivity contribution in [1.82, 2.24) is 4.72 Å². The van der Waals surface area contributed by atoms with Crippen molar-refractivity contribution in [2.45, 2.75) is 18.2 Å². The summed E-state index contributed by atoms with van der Waals surface area (Å²) in [5.41, 5.74) is 2.48. The Morgan fingerprint density at radius 1 is 1.21 bits per heavy atom. The number of carbonyl (C=O) groups is 2. The molecule has 2 N–H and O–H groups in total. The van der Waals surface area contributed by atoms with Crippen molar-refractivity contribution < 1.29 is 27.2 Å². The Bertz CT molecular complexity index is 1210. The maximum Gasteiger partial charge on any atom is 0.264 e. The standard InChI is InChI=1S/C19H16N2O6S/c1-11-2-4-14-12(9-26-17(14)6-11)7-18(22)21-28(24,25)13-3-5-16-15(8-13)20-19(23)10-27-16/h2-6,8-9H,7,10H2,1H3,(H,20,23)(H,21,22). The van der Waals surface area contributed by atoms with Crippen LogP contribution in [0.25, 0.3) is 11.0 Å². The topological polar surface area (TPSA) is 115 Å². The largest absolute Gasteiger partial charge is 0.482 e. The fraction of sp³-hybridized carbons (Fsp3) is 0.158. The van der Waals surface area contributed by atoms with Gasteiger partial charge < -0.3 is 14.5 Å². The minimum absolute atomic E-state index is 0.131. The van der Waals surface area contributed by atoms with Crippen molar-refractivity contribution in [1.29, 1.82) is 0 Å². The maximum atomic E-state index is 12.5. The molecular formula is C19H16N2O6S. The Kier molecular flexibility index (Phi) is 4.31. The molecule has 3 aromatic rings. The van der Waals surface area contributed by atoms with E-state index in [2.05, 4.69) is 5.32 Å². The third kappa shape index (κ3) is 3.44. The Labute approximate surface area is 160 Å². The average molecular weight is 400 g/mol. The first kappa shape index (κ1) is 18.1. The zero-order valence-corrected chi connectivity index (χ0v) is 15.6. The highest BCUT2D eigenvalue weighted by Crippen LogP contribution is 2.30. The molecule has 1 aliphatic rings. The molecule has 1 aromatic heterocycles. The summed E-state index contributed by atoms with van der Waals surface area (Å²) in [4.78, 5) is 23.6. The molecule has 4 rings (SSSR count). The van der Waals surface area contributed by atoms with Crippen LogP contribution in [0.15, 0.2) is 52.0 Å². The quantitative estimate of drug-likeness (QED) is 0.693. The van der Waals surface area contributed by atoms with Crippen LogP contribution in [0.5, 0.6) is 5.75 Å². The van der Waals surface area contributed by atoms with Gasteiger partial charge in [0.25, 0.3) is 15.9 Å². The number of benzene rings is 2. The lowest BCUT2D eigenvalue weighted by Gasteiger charge is -2.18. The van der Waals surface area contributed by atoms with E-state index in [4.69, 9.17) is 9.15 Å². The Balaban J connectivity index is 1.53. The van der Waals surface area contributed by atoms with Crippen molar-refractivity contribution in [3.05, 3.63) is 53.8 Å². The minimum Gasteiger partial charge on any atom is -0.482 e. The molecule has 0 saturated carbocycles. The lowest BCUT2D eigenvalue weighted by atomic mass is 10.1. The van der Waals surface area contributed by atoms with Gasteiger partial charge in [0.15, 0.2) is 6.61 Å². The second-order valence-corrected chi connectivity index (χ2v) is 8.14. The van der Waals surface area contributed by atoms with Crippen molar-refractivity contribution in [2.24, 2.45) is 0 Å². The molecule has 2 amide bonds. The van der Waals surface area contributed by atoms with Crippen LogP contribution in [0.4, 0.5) is 5.69 Å². The van der Waals surface area contributed by atoms with E-state index in [1.807, 2.05) is 29.8 Å². The number of aryl methyl sites for hydroxylation is 1. The van der Waals surface area contributed by atoms with Gasteiger partial charge in [0.05, 0.1) is 23.3 Å². The number of furan rings is 1. The molecule has 28 heavy (non-hydrogen) atoms. The number of nitrogens with one attached hydrogen (secondary N) is 2. The summed E-state index contributed by atoms with van der Waals surface area (Å²) in [7, 11) is -4.11. The third-order valence-electron chi connectivity index (χ3n) is 4.30. The summed E-state index contributed by atoms with van der Waals surface area (Å²) < 4.78 is 37.8. The van der Waals surface area contributed by atoms with Gasteiger partial charge in [-0.15, -0.1) is 0 Å². The van der Waals surface area contributed by atoms with E-state index in [1.165, 1.54) is 24.5 Å². The van der Waals surface area contributed by atoms with Crippen LogP contribution in [0.1, 0.15) is 11.1 Å². The first-order valence-corrected chi connectivity index (χ1v) is 9.89. The van der Waals surface area contributed by atoms with E-state index < -0.39 is 15.9 Å². The van der Waals surface area contributed by atoms with Gasteiger partial charge in [-0.3, -0.25) is 9.59 Å². The highest BCUT2D eigenvalue weighted by atomic mass is 32.2. The van der Waals surface area contributed by atoms with Crippen molar-refractivity contribution >= 4 is 38.5 Å². The van der Waals surface area contributed by atoms with Gasteiger partial charge in [0.1, 0.15) is 11.3 Å². The van der Waals surface area contributed by atoms with Crippen molar-refractivity contribution in [3.63, 3.8) is 0 Å². The molecule has 144 valence electrons. The number of hydrogen-bond donors (Lipinski definition) is 2. The van der Waals surface area contributed by atoms with Crippen LogP contribution < -0.4 is 14.8 Å². The van der Waals surface area contributed by atoms with Gasteiger partial charge in [-0.2, -0.15) is 0 Å². The Morgan fingerprint density at radius 2 is 2.04 bits per heavy atom. The molecule has 0 fully saturated rings. The molecule has 0 radical (unpaired) electrons. The summed E-state index contributed by atoms with van der Waals surface area (Å²) >= 11 is 0. The van der Waals surface area contributed by atoms with Gasteiger partial charge in [0.2, 0.25) is 5.91 Å². The number of hydrogen-bond acceptors (Lipinski definition) is 6. The molecule has 8 nitrogen and oxygen atoms in total. The Hall–Kier alpha value is -3.33. The van der Waals surface area contributed by atoms with Gasteiger partial charge in [-0.25, -0.2) is 13.1 Å². The first-order valence-electron chi connectivity index (χ1n) is 8.41. The minimum atomic E-state index is -4.11. The van der Waals surface area contributed by atoms with Gasteiger partial charge >= 0.3 is 0 Å². The van der Waals surface area contributed by atoms with Crippen molar-refractivity contribution in [3.8, 4) is 5.75 Å². The van der Waals surface area contributed by atoms with Gasteiger partial charge in [0, 0.05) is 10.9 Å². The second kappa shape index (κ2) is 6.68. The molecule has 0 bridgehead atoms. The summed E-state index contributed by atoms with van der Waals surface area (Å²) in [5, 5.41) is 3.29. The van der Waals surface area contributed by atoms with E-state index >= 15 is 0 Å². The predicted molar refractivity (Wildman–Crippen MR) is 101 cm³/mol. The summed E-state index contributed by atoms with van der Waals surface area (Å²) in [6.45, 7) is 1.79. The van der Waals surface area contributed by atoms with Crippen LogP contribution in [0.2, 0.25) is 0 Å². The molecule has 2 heterocycles. The van der Waals surface area contributed by atoms with Crippen LogP contribution in [0, 0.1) is 6.92 Å². The summed E-state index contributed by atoms with van der Waals surface area (Å²) in [6.07, 6.45) is 1.29. The van der Waals surface area contributed by atoms with E-state index in [9.17, 15) is 18.0 Å². The van der Waals surface area contributed by atoms with Crippen LogP contribution in [-0.2, 0) is 26.0 Å². The number of ether oxygens (including phenoxy) is 1. The van der Waals surface area contributed by atoms with E-state index in [1.54, 1.807) is 0 Å². The lowest BCUT2D eigenvalue weighted by molar-refractivity contribution is -0.119. The number of amides is 2. The first-order chi connectivity index (χ1) is 13.3. The van der Waals surface area contributed by atoms with Crippen LogP contribution in [-0.4, -0.2) is 26.8 Å². The van der Waals surface area contributed by atoms with Crippen LogP contribution in [0.3, 0.4) is 0 Å². The van der Waals surface area contributed by atoms with Gasteiger partial charge in [-0.05, 0) is 36.8 Å². The average Bonchev–Trinajstić information content (AvgIpc) is 3.02. The smallest absolute Gasteiger partial charge is 0.264 e. The molecule has 0 aliphatic carbocycles. The number of fused-ring (bicyclic) bond motifs is 2. The third-order valence-corrected chi connectivity index (χ3v) is 5.68. The fourth-order valence-electron chi connectivity index (χ4n) is 2.97. The molecule has 1 aliphatic heterocycles. The van der Waals surface area contributed by atoms with E-state index in [0.717, 1.165) is 10.9 Å². The van der Waals surface area contributed by atoms with E-state index in [0.29, 0.717) is 16.9 Å². The van der Waals surface area contributed by atoms with Crippen LogP contribution >= 0.6 is 0 Å². The Morgan fingerprint density at radius 3 is 2.86 bits per heavy atom. The fourth-order valence-corrected chi connectivity index (χ4v) is 3.98. The normalized spacial score (nSPS) is 13.5. The molecule has 9 heteroatoms. The number of anilines is 1. The lowest BCUT2D eigenvalue weighted by Crippen LogP contribution is -2.32. The molecule has 0 unspecified atom stereocenters. The molecule has 2 aromatic carbocycles. The second-order valence-electron chi connectivity index (χ2n) is 6.46. The molecule has 0 spiro atoms. The maximum absolute atomic E-state index is 12.5.